The quantitative estimate of drug-likeness (QED) is 0.796. The third kappa shape index (κ3) is 2.82. The van der Waals surface area contributed by atoms with Crippen molar-refractivity contribution in [2.24, 2.45) is 0 Å². The van der Waals surface area contributed by atoms with Crippen molar-refractivity contribution in [2.75, 3.05) is 18.0 Å². The van der Waals surface area contributed by atoms with E-state index in [0.29, 0.717) is 0 Å². The Morgan fingerprint density at radius 2 is 1.89 bits per heavy atom. The highest BCUT2D eigenvalue weighted by atomic mass is 79.9. The number of carbonyl (C=O) groups is 1. The number of rotatable bonds is 1. The highest BCUT2D eigenvalue weighted by molar-refractivity contribution is 9.10. The minimum absolute atomic E-state index is 0.0805. The minimum atomic E-state index is -4.45. The van der Waals surface area contributed by atoms with Gasteiger partial charge in [0.1, 0.15) is 11.6 Å². The second-order valence-electron chi connectivity index (χ2n) is 4.05. The Labute approximate surface area is 110 Å². The molecule has 7 heteroatoms. The molecule has 0 bridgehead atoms. The molecule has 98 valence electrons. The molecule has 1 fully saturated rings. The van der Waals surface area contributed by atoms with Gasteiger partial charge in [-0.25, -0.2) is 4.98 Å². The Kier molecular flexibility index (Phi) is 3.61. The van der Waals surface area contributed by atoms with Crippen molar-refractivity contribution in [1.29, 1.82) is 0 Å². The van der Waals surface area contributed by atoms with Crippen LogP contribution in [0, 0.1) is 0 Å². The van der Waals surface area contributed by atoms with Crippen LogP contribution in [0.15, 0.2) is 16.7 Å². The molecule has 1 aliphatic heterocycles. The molecule has 0 aromatic carbocycles. The van der Waals surface area contributed by atoms with Crippen molar-refractivity contribution >= 4 is 27.5 Å². The van der Waals surface area contributed by atoms with Gasteiger partial charge < -0.3 is 4.90 Å². The Bertz CT molecular complexity index is 466. The average molecular weight is 323 g/mol. The zero-order valence-corrected chi connectivity index (χ0v) is 10.9. The van der Waals surface area contributed by atoms with Crippen LogP contribution in [-0.4, -0.2) is 23.9 Å². The highest BCUT2D eigenvalue weighted by Gasteiger charge is 2.36. The third-order valence-electron chi connectivity index (χ3n) is 2.76. The number of halogens is 4. The summed E-state index contributed by atoms with van der Waals surface area (Å²) in [7, 11) is 0. The van der Waals surface area contributed by atoms with E-state index >= 15 is 0 Å². The van der Waals surface area contributed by atoms with Crippen molar-refractivity contribution in [1.82, 2.24) is 4.98 Å². The van der Waals surface area contributed by atoms with Gasteiger partial charge in [-0.2, -0.15) is 13.2 Å². The summed E-state index contributed by atoms with van der Waals surface area (Å²) in [5, 5.41) is 0. The van der Waals surface area contributed by atoms with E-state index in [1.165, 1.54) is 11.1 Å². The molecule has 1 aromatic rings. The maximum Gasteiger partial charge on any atom is 0.419 e. The Morgan fingerprint density at radius 1 is 1.28 bits per heavy atom. The van der Waals surface area contributed by atoms with Crippen molar-refractivity contribution in [2.45, 2.75) is 19.0 Å². The zero-order valence-electron chi connectivity index (χ0n) is 9.30. The monoisotopic (exact) mass is 322 g/mol. The number of ketones is 1. The van der Waals surface area contributed by atoms with Crippen LogP contribution in [0.2, 0.25) is 0 Å². The number of anilines is 1. The van der Waals surface area contributed by atoms with Gasteiger partial charge in [0.25, 0.3) is 0 Å². The first-order valence-corrected chi connectivity index (χ1v) is 6.16. The van der Waals surface area contributed by atoms with Gasteiger partial charge in [-0.1, -0.05) is 0 Å². The van der Waals surface area contributed by atoms with Crippen LogP contribution in [-0.2, 0) is 11.0 Å². The first-order chi connectivity index (χ1) is 8.38. The molecule has 2 heterocycles. The number of carbonyl (C=O) groups excluding carboxylic acids is 1. The molecular formula is C11H10BrF3N2O. The van der Waals surface area contributed by atoms with Crippen LogP contribution in [0.5, 0.6) is 0 Å². The molecule has 0 unspecified atom stereocenters. The molecule has 1 aromatic heterocycles. The summed E-state index contributed by atoms with van der Waals surface area (Å²) in [6.45, 7) is 0.576. The van der Waals surface area contributed by atoms with Crippen LogP contribution in [0.25, 0.3) is 0 Å². The van der Waals surface area contributed by atoms with Crippen molar-refractivity contribution in [3.8, 4) is 0 Å². The summed E-state index contributed by atoms with van der Waals surface area (Å²) < 4.78 is 39.0. The number of nitrogens with zero attached hydrogens (tertiary/aromatic N) is 2. The van der Waals surface area contributed by atoms with E-state index in [0.717, 1.165) is 6.07 Å². The third-order valence-corrected chi connectivity index (χ3v) is 3.19. The molecule has 1 saturated heterocycles. The Morgan fingerprint density at radius 3 is 2.44 bits per heavy atom. The maximum absolute atomic E-state index is 12.9. The van der Waals surface area contributed by atoms with E-state index in [9.17, 15) is 18.0 Å². The summed E-state index contributed by atoms with van der Waals surface area (Å²) in [6, 6.07) is 1.01. The molecule has 0 atom stereocenters. The van der Waals surface area contributed by atoms with Crippen LogP contribution in [0.1, 0.15) is 18.4 Å². The number of aromatic nitrogens is 1. The highest BCUT2D eigenvalue weighted by Crippen LogP contribution is 2.37. The predicted octanol–water partition coefficient (Wildman–Crippen LogP) is 3.03. The second kappa shape index (κ2) is 4.87. The standard InChI is InChI=1S/C11H10BrF3N2O/c12-7-5-9(11(13,14)15)10(16-6-7)17-3-1-8(18)2-4-17/h5-6H,1-4H2. The molecule has 0 amide bonds. The number of piperidine rings is 1. The number of hydrogen-bond donors (Lipinski definition) is 0. The van der Waals surface area contributed by atoms with Gasteiger partial charge >= 0.3 is 6.18 Å². The van der Waals surface area contributed by atoms with E-state index in [4.69, 9.17) is 0 Å². The summed E-state index contributed by atoms with van der Waals surface area (Å²) in [5.74, 6) is -0.0184. The van der Waals surface area contributed by atoms with E-state index in [2.05, 4.69) is 20.9 Å². The maximum atomic E-state index is 12.9. The van der Waals surface area contributed by atoms with E-state index < -0.39 is 11.7 Å². The molecule has 0 N–H and O–H groups in total. The summed E-state index contributed by atoms with van der Waals surface area (Å²) >= 11 is 2.99. The number of Topliss-reactive ketones (excluding diaryl/α,β-unsaturated/α-hetero) is 1. The number of hydrogen-bond acceptors (Lipinski definition) is 3. The fourth-order valence-corrected chi connectivity index (χ4v) is 2.19. The molecule has 0 aliphatic carbocycles. The van der Waals surface area contributed by atoms with Gasteiger partial charge in [-0.05, 0) is 22.0 Å². The fourth-order valence-electron chi connectivity index (χ4n) is 1.86. The Balaban J connectivity index is 2.35. The number of alkyl halides is 3. The van der Waals surface area contributed by atoms with E-state index in [1.54, 1.807) is 0 Å². The summed E-state index contributed by atoms with van der Waals surface area (Å²) in [4.78, 5) is 16.5. The molecule has 3 nitrogen and oxygen atoms in total. The first-order valence-electron chi connectivity index (χ1n) is 5.37. The largest absolute Gasteiger partial charge is 0.419 e. The first kappa shape index (κ1) is 13.3. The second-order valence-corrected chi connectivity index (χ2v) is 4.96. The van der Waals surface area contributed by atoms with Gasteiger partial charge in [-0.15, -0.1) is 0 Å². The van der Waals surface area contributed by atoms with Crippen LogP contribution in [0.3, 0.4) is 0 Å². The van der Waals surface area contributed by atoms with Crippen molar-refractivity contribution < 1.29 is 18.0 Å². The Hall–Kier alpha value is -1.11. The lowest BCUT2D eigenvalue weighted by atomic mass is 10.1. The molecule has 18 heavy (non-hydrogen) atoms. The fraction of sp³-hybridized carbons (Fsp3) is 0.455. The minimum Gasteiger partial charge on any atom is -0.355 e. The van der Waals surface area contributed by atoms with Crippen LogP contribution < -0.4 is 4.90 Å². The molecule has 2 rings (SSSR count). The molecule has 0 radical (unpaired) electrons. The predicted molar refractivity (Wildman–Crippen MR) is 63.4 cm³/mol. The lowest BCUT2D eigenvalue weighted by Gasteiger charge is -2.29. The normalized spacial score (nSPS) is 17.1. The van der Waals surface area contributed by atoms with Gasteiger partial charge in [0.2, 0.25) is 0 Å². The number of pyridine rings is 1. The van der Waals surface area contributed by atoms with Crippen LogP contribution >= 0.6 is 15.9 Å². The zero-order chi connectivity index (χ0) is 13.3. The van der Waals surface area contributed by atoms with Crippen LogP contribution in [0.4, 0.5) is 19.0 Å². The average Bonchev–Trinajstić information content (AvgIpc) is 2.29. The summed E-state index contributed by atoms with van der Waals surface area (Å²) in [5.41, 5.74) is -0.772. The van der Waals surface area contributed by atoms with Gasteiger partial charge in [0, 0.05) is 36.6 Å². The lowest BCUT2D eigenvalue weighted by molar-refractivity contribution is -0.137. The van der Waals surface area contributed by atoms with Gasteiger partial charge in [0.05, 0.1) is 5.56 Å². The molecule has 0 saturated carbocycles. The topological polar surface area (TPSA) is 33.2 Å². The van der Waals surface area contributed by atoms with Crippen molar-refractivity contribution in [3.05, 3.63) is 22.3 Å². The van der Waals surface area contributed by atoms with E-state index in [1.807, 2.05) is 0 Å². The lowest BCUT2D eigenvalue weighted by Crippen LogP contribution is -2.35. The SMILES string of the molecule is O=C1CCN(c2ncc(Br)cc2C(F)(F)F)CC1. The van der Waals surface area contributed by atoms with Gasteiger partial charge in [0.15, 0.2) is 0 Å². The molecule has 0 spiro atoms. The van der Waals surface area contributed by atoms with Gasteiger partial charge in [-0.3, -0.25) is 4.79 Å². The molecular weight excluding hydrogens is 313 g/mol. The molecule has 1 aliphatic rings. The summed E-state index contributed by atoms with van der Waals surface area (Å²) in [6.07, 6.45) is -2.57. The van der Waals surface area contributed by atoms with Crippen molar-refractivity contribution in [3.63, 3.8) is 0 Å². The smallest absolute Gasteiger partial charge is 0.355 e. The van der Waals surface area contributed by atoms with E-state index in [-0.39, 0.29) is 42.0 Å².